The third-order valence-corrected chi connectivity index (χ3v) is 3.12. The minimum absolute atomic E-state index is 0.0186. The molecule has 0 unspecified atom stereocenters. The van der Waals surface area contributed by atoms with Crippen LogP contribution in [0, 0.1) is 11.3 Å². The molecule has 1 saturated carbocycles. The molecule has 1 fully saturated rings. The highest BCUT2D eigenvalue weighted by atomic mass is 16.1. The maximum Gasteiger partial charge on any atom is 0.144 e. The zero-order chi connectivity index (χ0) is 11.6. The van der Waals surface area contributed by atoms with Crippen LogP contribution in [0.5, 0.6) is 0 Å². The molecule has 2 nitrogen and oxygen atoms in total. The van der Waals surface area contributed by atoms with Gasteiger partial charge in [-0.25, -0.2) is 0 Å². The highest BCUT2D eigenvalue weighted by molar-refractivity contribution is 6.03. The number of rotatable bonds is 2. The SMILES string of the molecule is CC(C)=CC[C@@H]1C(=O)CC(=O)CC1(C)C. The normalized spacial score (nSPS) is 25.2. The van der Waals surface area contributed by atoms with Crippen molar-refractivity contribution >= 4 is 11.6 Å². The minimum atomic E-state index is -0.168. The zero-order valence-corrected chi connectivity index (χ0v) is 10.1. The summed E-state index contributed by atoms with van der Waals surface area (Å²) in [7, 11) is 0. The van der Waals surface area contributed by atoms with E-state index < -0.39 is 0 Å². The van der Waals surface area contributed by atoms with E-state index in [1.54, 1.807) is 0 Å². The fourth-order valence-electron chi connectivity index (χ4n) is 2.25. The average Bonchev–Trinajstić information content (AvgIpc) is 1.98. The molecule has 0 aromatic heterocycles. The molecule has 0 saturated heterocycles. The van der Waals surface area contributed by atoms with Gasteiger partial charge in [0, 0.05) is 12.3 Å². The molecule has 0 N–H and O–H groups in total. The first-order valence-electron chi connectivity index (χ1n) is 5.50. The largest absolute Gasteiger partial charge is 0.299 e. The van der Waals surface area contributed by atoms with Gasteiger partial charge in [-0.2, -0.15) is 0 Å². The lowest BCUT2D eigenvalue weighted by molar-refractivity contribution is -0.138. The summed E-state index contributed by atoms with van der Waals surface area (Å²) in [5, 5.41) is 0. The molecule has 0 bridgehead atoms. The lowest BCUT2D eigenvalue weighted by atomic mass is 9.66. The van der Waals surface area contributed by atoms with Gasteiger partial charge in [-0.15, -0.1) is 0 Å². The Bertz CT molecular complexity index is 306. The minimum Gasteiger partial charge on any atom is -0.299 e. The van der Waals surface area contributed by atoms with Crippen molar-refractivity contribution in [1.82, 2.24) is 0 Å². The molecule has 84 valence electrons. The highest BCUT2D eigenvalue weighted by Crippen LogP contribution is 2.39. The first-order valence-corrected chi connectivity index (χ1v) is 5.50. The average molecular weight is 208 g/mol. The Balaban J connectivity index is 2.80. The second kappa shape index (κ2) is 4.30. The van der Waals surface area contributed by atoms with Crippen LogP contribution in [0.25, 0.3) is 0 Å². The number of allylic oxidation sites excluding steroid dienone is 2. The number of carbonyl (C=O) groups excluding carboxylic acids is 2. The van der Waals surface area contributed by atoms with Crippen LogP contribution in [0.3, 0.4) is 0 Å². The zero-order valence-electron chi connectivity index (χ0n) is 10.1. The molecule has 2 heteroatoms. The Morgan fingerprint density at radius 2 is 2.00 bits per heavy atom. The molecule has 1 atom stereocenters. The van der Waals surface area contributed by atoms with Crippen molar-refractivity contribution in [1.29, 1.82) is 0 Å². The molecule has 0 aromatic carbocycles. The fraction of sp³-hybridized carbons (Fsp3) is 0.692. The first-order chi connectivity index (χ1) is 6.83. The molecule has 0 heterocycles. The predicted molar refractivity (Wildman–Crippen MR) is 60.6 cm³/mol. The van der Waals surface area contributed by atoms with E-state index in [1.165, 1.54) is 5.57 Å². The van der Waals surface area contributed by atoms with Gasteiger partial charge in [-0.1, -0.05) is 25.5 Å². The van der Waals surface area contributed by atoms with Gasteiger partial charge in [0.05, 0.1) is 6.42 Å². The van der Waals surface area contributed by atoms with Crippen molar-refractivity contribution in [3.63, 3.8) is 0 Å². The molecule has 0 spiro atoms. The Hall–Kier alpha value is -0.920. The van der Waals surface area contributed by atoms with E-state index in [0.717, 1.165) is 6.42 Å². The molecule has 0 radical (unpaired) electrons. The van der Waals surface area contributed by atoms with E-state index in [4.69, 9.17) is 0 Å². The smallest absolute Gasteiger partial charge is 0.144 e. The van der Waals surface area contributed by atoms with Gasteiger partial charge in [0.15, 0.2) is 0 Å². The molecule has 15 heavy (non-hydrogen) atoms. The van der Waals surface area contributed by atoms with E-state index in [2.05, 4.69) is 6.08 Å². The Morgan fingerprint density at radius 1 is 1.40 bits per heavy atom. The number of ketones is 2. The summed E-state index contributed by atoms with van der Waals surface area (Å²) in [6, 6.07) is 0. The predicted octanol–water partition coefficient (Wildman–Crippen LogP) is 2.92. The van der Waals surface area contributed by atoms with E-state index >= 15 is 0 Å². The Labute approximate surface area is 91.7 Å². The van der Waals surface area contributed by atoms with Crippen LogP contribution in [-0.2, 0) is 9.59 Å². The van der Waals surface area contributed by atoms with Gasteiger partial charge in [0.2, 0.25) is 0 Å². The van der Waals surface area contributed by atoms with Crippen LogP contribution in [0.1, 0.15) is 47.0 Å². The van der Waals surface area contributed by atoms with Crippen molar-refractivity contribution in [2.45, 2.75) is 47.0 Å². The number of hydrogen-bond donors (Lipinski definition) is 0. The van der Waals surface area contributed by atoms with Crippen molar-refractivity contribution in [2.75, 3.05) is 0 Å². The van der Waals surface area contributed by atoms with Crippen molar-refractivity contribution < 1.29 is 9.59 Å². The summed E-state index contributed by atoms with van der Waals surface area (Å²) in [5.74, 6) is 0.234. The van der Waals surface area contributed by atoms with Crippen molar-refractivity contribution in [3.05, 3.63) is 11.6 Å². The number of Topliss-reactive ketones (excluding diaryl/α,β-unsaturated/α-hetero) is 2. The van der Waals surface area contributed by atoms with E-state index in [-0.39, 0.29) is 29.3 Å². The molecule has 1 aliphatic carbocycles. The second-order valence-electron chi connectivity index (χ2n) is 5.42. The molecule has 0 aliphatic heterocycles. The fourth-order valence-corrected chi connectivity index (χ4v) is 2.25. The van der Waals surface area contributed by atoms with E-state index in [1.807, 2.05) is 27.7 Å². The van der Waals surface area contributed by atoms with Crippen LogP contribution < -0.4 is 0 Å². The van der Waals surface area contributed by atoms with Crippen LogP contribution in [0.4, 0.5) is 0 Å². The van der Waals surface area contributed by atoms with Gasteiger partial charge in [-0.05, 0) is 25.7 Å². The molecular formula is C13H20O2. The standard InChI is InChI=1S/C13H20O2/c1-9(2)5-6-11-12(15)7-10(14)8-13(11,3)4/h5,11H,6-8H2,1-4H3/t11-/m1/s1. The summed E-state index contributed by atoms with van der Waals surface area (Å²) < 4.78 is 0. The Morgan fingerprint density at radius 3 is 2.47 bits per heavy atom. The monoisotopic (exact) mass is 208 g/mol. The quantitative estimate of drug-likeness (QED) is 0.516. The van der Waals surface area contributed by atoms with Gasteiger partial charge < -0.3 is 0 Å². The van der Waals surface area contributed by atoms with E-state index in [9.17, 15) is 9.59 Å². The van der Waals surface area contributed by atoms with E-state index in [0.29, 0.717) is 6.42 Å². The lowest BCUT2D eigenvalue weighted by Gasteiger charge is -2.36. The van der Waals surface area contributed by atoms with Gasteiger partial charge in [0.25, 0.3) is 0 Å². The van der Waals surface area contributed by atoms with Gasteiger partial charge >= 0.3 is 0 Å². The topological polar surface area (TPSA) is 34.1 Å². The summed E-state index contributed by atoms with van der Waals surface area (Å²) >= 11 is 0. The van der Waals surface area contributed by atoms with Crippen LogP contribution in [0.15, 0.2) is 11.6 Å². The lowest BCUT2D eigenvalue weighted by Crippen LogP contribution is -2.39. The maximum absolute atomic E-state index is 11.8. The molecular weight excluding hydrogens is 188 g/mol. The maximum atomic E-state index is 11.8. The highest BCUT2D eigenvalue weighted by Gasteiger charge is 2.40. The second-order valence-corrected chi connectivity index (χ2v) is 5.42. The molecule has 0 aromatic rings. The third kappa shape index (κ3) is 3.01. The molecule has 0 amide bonds. The Kier molecular flexibility index (Phi) is 3.48. The number of hydrogen-bond acceptors (Lipinski definition) is 2. The summed E-state index contributed by atoms with van der Waals surface area (Å²) in [6.07, 6.45) is 3.56. The van der Waals surface area contributed by atoms with Crippen LogP contribution >= 0.6 is 0 Å². The summed E-state index contributed by atoms with van der Waals surface area (Å²) in [6.45, 7) is 8.10. The number of carbonyl (C=O) groups is 2. The van der Waals surface area contributed by atoms with Crippen molar-refractivity contribution in [3.8, 4) is 0 Å². The van der Waals surface area contributed by atoms with Crippen LogP contribution in [0.2, 0.25) is 0 Å². The van der Waals surface area contributed by atoms with Crippen LogP contribution in [-0.4, -0.2) is 11.6 Å². The molecule has 1 aliphatic rings. The summed E-state index contributed by atoms with van der Waals surface area (Å²) in [4.78, 5) is 23.1. The third-order valence-electron chi connectivity index (χ3n) is 3.12. The molecule has 1 rings (SSSR count). The van der Waals surface area contributed by atoms with Gasteiger partial charge in [0.1, 0.15) is 11.6 Å². The summed E-state index contributed by atoms with van der Waals surface area (Å²) in [5.41, 5.74) is 1.06. The van der Waals surface area contributed by atoms with Gasteiger partial charge in [-0.3, -0.25) is 9.59 Å². The van der Waals surface area contributed by atoms with Crippen molar-refractivity contribution in [2.24, 2.45) is 11.3 Å². The first kappa shape index (κ1) is 12.2.